The van der Waals surface area contributed by atoms with Crippen LogP contribution in [0.25, 0.3) is 0 Å². The molecule has 1 fully saturated rings. The minimum atomic E-state index is -0.0617. The van der Waals surface area contributed by atoms with Gasteiger partial charge in [-0.2, -0.15) is 5.10 Å². The Morgan fingerprint density at radius 3 is 2.87 bits per heavy atom. The van der Waals surface area contributed by atoms with Crippen LogP contribution in [0.4, 0.5) is 5.13 Å². The molecule has 23 heavy (non-hydrogen) atoms. The van der Waals surface area contributed by atoms with Crippen molar-refractivity contribution in [3.05, 3.63) is 29.0 Å². The molecular formula is C15H22ClN5OS. The molecule has 2 aromatic rings. The lowest BCUT2D eigenvalue weighted by atomic mass is 9.90. The Morgan fingerprint density at radius 1 is 1.52 bits per heavy atom. The summed E-state index contributed by atoms with van der Waals surface area (Å²) >= 11 is 1.53. The number of nitrogens with zero attached hydrogens (tertiary/aromatic N) is 4. The quantitative estimate of drug-likeness (QED) is 0.910. The molecule has 8 heteroatoms. The van der Waals surface area contributed by atoms with Crippen molar-refractivity contribution >= 4 is 34.8 Å². The summed E-state index contributed by atoms with van der Waals surface area (Å²) in [4.78, 5) is 19.3. The Balaban J connectivity index is 0.00000192. The predicted molar refractivity (Wildman–Crippen MR) is 94.4 cm³/mol. The zero-order valence-corrected chi connectivity index (χ0v) is 15.2. The van der Waals surface area contributed by atoms with E-state index in [1.807, 2.05) is 38.7 Å². The summed E-state index contributed by atoms with van der Waals surface area (Å²) in [5, 5.41) is 10.4. The van der Waals surface area contributed by atoms with E-state index >= 15 is 0 Å². The molecular weight excluding hydrogens is 334 g/mol. The summed E-state index contributed by atoms with van der Waals surface area (Å²) in [6.07, 6.45) is 3.86. The van der Waals surface area contributed by atoms with Gasteiger partial charge in [-0.1, -0.05) is 0 Å². The van der Waals surface area contributed by atoms with Crippen LogP contribution in [0.1, 0.15) is 24.1 Å². The first-order chi connectivity index (χ1) is 10.6. The van der Waals surface area contributed by atoms with Crippen LogP contribution < -0.4 is 10.2 Å². The smallest absolute Gasteiger partial charge is 0.233 e. The largest absolute Gasteiger partial charge is 0.315 e. The summed E-state index contributed by atoms with van der Waals surface area (Å²) in [5.41, 5.74) is 2.08. The van der Waals surface area contributed by atoms with Crippen LogP contribution in [0.15, 0.2) is 17.8 Å². The monoisotopic (exact) mass is 355 g/mol. The third-order valence-electron chi connectivity index (χ3n) is 4.10. The van der Waals surface area contributed by atoms with Gasteiger partial charge in [-0.25, -0.2) is 4.98 Å². The summed E-state index contributed by atoms with van der Waals surface area (Å²) in [5.74, 6) is 0.264. The lowest BCUT2D eigenvalue weighted by molar-refractivity contribution is -0.122. The molecule has 0 aromatic carbocycles. The zero-order chi connectivity index (χ0) is 15.7. The molecule has 3 heterocycles. The molecule has 1 aliphatic heterocycles. The Morgan fingerprint density at radius 2 is 2.30 bits per heavy atom. The van der Waals surface area contributed by atoms with E-state index in [0.717, 1.165) is 22.9 Å². The van der Waals surface area contributed by atoms with Crippen molar-refractivity contribution in [3.8, 4) is 0 Å². The number of nitrogens with one attached hydrogen (secondary N) is 1. The Kier molecular flexibility index (Phi) is 5.78. The van der Waals surface area contributed by atoms with Crippen LogP contribution in [0.3, 0.4) is 0 Å². The average molecular weight is 356 g/mol. The highest BCUT2D eigenvalue weighted by atomic mass is 35.5. The van der Waals surface area contributed by atoms with Crippen molar-refractivity contribution in [2.24, 2.45) is 13.0 Å². The minimum absolute atomic E-state index is 0. The zero-order valence-electron chi connectivity index (χ0n) is 13.5. The number of anilines is 1. The van der Waals surface area contributed by atoms with Crippen molar-refractivity contribution < 1.29 is 4.79 Å². The van der Waals surface area contributed by atoms with Gasteiger partial charge in [0.25, 0.3) is 0 Å². The van der Waals surface area contributed by atoms with Gasteiger partial charge in [0.05, 0.1) is 17.8 Å². The Bertz CT molecular complexity index is 670. The van der Waals surface area contributed by atoms with Crippen LogP contribution >= 0.6 is 23.7 Å². The highest BCUT2D eigenvalue weighted by Crippen LogP contribution is 2.31. The topological polar surface area (TPSA) is 63.1 Å². The Labute approximate surface area is 146 Å². The number of amides is 1. The summed E-state index contributed by atoms with van der Waals surface area (Å²) in [7, 11) is 1.90. The van der Waals surface area contributed by atoms with Gasteiger partial charge in [0.1, 0.15) is 0 Å². The maximum absolute atomic E-state index is 13.0. The first kappa shape index (κ1) is 17.9. The first-order valence-corrected chi connectivity index (χ1v) is 8.41. The number of hydrogen-bond acceptors (Lipinski definition) is 5. The molecule has 0 unspecified atom stereocenters. The van der Waals surface area contributed by atoms with E-state index in [1.54, 1.807) is 9.58 Å². The number of aryl methyl sites for hydroxylation is 2. The van der Waals surface area contributed by atoms with Gasteiger partial charge in [-0.05, 0) is 19.4 Å². The van der Waals surface area contributed by atoms with E-state index in [4.69, 9.17) is 0 Å². The van der Waals surface area contributed by atoms with Crippen LogP contribution in [0.2, 0.25) is 0 Å². The van der Waals surface area contributed by atoms with Gasteiger partial charge in [0.15, 0.2) is 5.13 Å². The van der Waals surface area contributed by atoms with Crippen molar-refractivity contribution in [3.63, 3.8) is 0 Å². The number of carbonyl (C=O) groups is 1. The molecule has 0 aliphatic carbocycles. The molecule has 2 atom stereocenters. The number of halogens is 1. The van der Waals surface area contributed by atoms with Crippen molar-refractivity contribution in [1.82, 2.24) is 20.1 Å². The van der Waals surface area contributed by atoms with Gasteiger partial charge >= 0.3 is 0 Å². The molecule has 6 nitrogen and oxygen atoms in total. The van der Waals surface area contributed by atoms with Gasteiger partial charge in [-0.15, -0.1) is 23.7 Å². The van der Waals surface area contributed by atoms with Gasteiger partial charge in [0.2, 0.25) is 5.91 Å². The van der Waals surface area contributed by atoms with Crippen molar-refractivity contribution in [2.75, 3.05) is 24.5 Å². The van der Waals surface area contributed by atoms with E-state index in [2.05, 4.69) is 15.4 Å². The highest BCUT2D eigenvalue weighted by molar-refractivity contribution is 7.14. The third-order valence-corrected chi connectivity index (χ3v) is 5.09. The lowest BCUT2D eigenvalue weighted by Crippen LogP contribution is -2.38. The number of thiazole rings is 1. The number of carbonyl (C=O) groups excluding carboxylic acids is 1. The normalized spacial score (nSPS) is 20.3. The van der Waals surface area contributed by atoms with Crippen LogP contribution in [0, 0.1) is 12.8 Å². The van der Waals surface area contributed by atoms with Gasteiger partial charge in [-0.3, -0.25) is 14.4 Å². The standard InChI is InChI=1S/C15H21N5OS.ClH/c1-4-20(15-18-10(2)9-22-15)14(21)13-7-16-6-12(13)11-5-17-19(3)8-11;/h5,8-9,12-13,16H,4,6-7H2,1-3H3;1H/t12-,13+;/m1./s1. The fourth-order valence-corrected chi connectivity index (χ4v) is 3.84. The van der Waals surface area contributed by atoms with Gasteiger partial charge in [0, 0.05) is 44.2 Å². The maximum atomic E-state index is 13.0. The molecule has 1 amide bonds. The lowest BCUT2D eigenvalue weighted by Gasteiger charge is -2.24. The van der Waals surface area contributed by atoms with Crippen molar-refractivity contribution in [2.45, 2.75) is 19.8 Å². The second-order valence-corrected chi connectivity index (χ2v) is 6.51. The average Bonchev–Trinajstić information content (AvgIpc) is 3.20. The molecule has 1 N–H and O–H groups in total. The molecule has 1 aliphatic rings. The van der Waals surface area contributed by atoms with Crippen LogP contribution in [-0.2, 0) is 11.8 Å². The SMILES string of the molecule is CCN(C(=O)[C@H]1CNC[C@@H]1c1cnn(C)c1)c1nc(C)cs1.Cl. The number of rotatable bonds is 4. The molecule has 0 saturated carbocycles. The van der Waals surface area contributed by atoms with E-state index < -0.39 is 0 Å². The predicted octanol–water partition coefficient (Wildman–Crippen LogP) is 1.96. The second kappa shape index (κ2) is 7.42. The van der Waals surface area contributed by atoms with E-state index in [0.29, 0.717) is 13.1 Å². The van der Waals surface area contributed by atoms with Crippen LogP contribution in [-0.4, -0.2) is 40.3 Å². The van der Waals surface area contributed by atoms with E-state index in [9.17, 15) is 4.79 Å². The molecule has 126 valence electrons. The Hall–Kier alpha value is -1.44. The highest BCUT2D eigenvalue weighted by Gasteiger charge is 2.37. The summed E-state index contributed by atoms with van der Waals surface area (Å²) < 4.78 is 1.79. The summed E-state index contributed by atoms with van der Waals surface area (Å²) in [6, 6.07) is 0. The van der Waals surface area contributed by atoms with Crippen molar-refractivity contribution in [1.29, 1.82) is 0 Å². The molecule has 3 rings (SSSR count). The minimum Gasteiger partial charge on any atom is -0.315 e. The maximum Gasteiger partial charge on any atom is 0.233 e. The fraction of sp³-hybridized carbons (Fsp3) is 0.533. The first-order valence-electron chi connectivity index (χ1n) is 7.53. The molecule has 0 bridgehead atoms. The van der Waals surface area contributed by atoms with Crippen LogP contribution in [0.5, 0.6) is 0 Å². The second-order valence-electron chi connectivity index (χ2n) is 5.67. The van der Waals surface area contributed by atoms with E-state index in [-0.39, 0.29) is 30.2 Å². The fourth-order valence-electron chi connectivity index (χ4n) is 2.97. The van der Waals surface area contributed by atoms with Gasteiger partial charge < -0.3 is 5.32 Å². The molecule has 1 saturated heterocycles. The summed E-state index contributed by atoms with van der Waals surface area (Å²) in [6.45, 7) is 6.11. The third kappa shape index (κ3) is 3.57. The number of hydrogen-bond donors (Lipinski definition) is 1. The molecule has 0 radical (unpaired) electrons. The number of aromatic nitrogens is 3. The van der Waals surface area contributed by atoms with E-state index in [1.165, 1.54) is 11.3 Å². The molecule has 2 aromatic heterocycles. The molecule has 0 spiro atoms.